The minimum atomic E-state index is -3.13. The zero-order chi connectivity index (χ0) is 22.6. The highest BCUT2D eigenvalue weighted by atomic mass is 32.2. The number of carbonyl (C=O) groups is 1. The van der Waals surface area contributed by atoms with Gasteiger partial charge in [0.25, 0.3) is 5.22 Å². The van der Waals surface area contributed by atoms with Crippen molar-refractivity contribution in [1.82, 2.24) is 10.2 Å². The maximum atomic E-state index is 13.1. The van der Waals surface area contributed by atoms with Crippen molar-refractivity contribution in [2.24, 2.45) is 0 Å². The van der Waals surface area contributed by atoms with Gasteiger partial charge in [0.1, 0.15) is 5.75 Å². The second-order valence-corrected chi connectivity index (χ2v) is 10.6. The van der Waals surface area contributed by atoms with E-state index in [2.05, 4.69) is 10.2 Å². The fourth-order valence-electron chi connectivity index (χ4n) is 3.61. The minimum Gasteiger partial charge on any atom is -0.497 e. The zero-order valence-corrected chi connectivity index (χ0v) is 19.1. The van der Waals surface area contributed by atoms with Gasteiger partial charge in [0, 0.05) is 5.69 Å². The summed E-state index contributed by atoms with van der Waals surface area (Å²) in [5.41, 5.74) is 1.69. The van der Waals surface area contributed by atoms with E-state index in [1.54, 1.807) is 12.0 Å². The van der Waals surface area contributed by atoms with Crippen molar-refractivity contribution < 1.29 is 22.4 Å². The van der Waals surface area contributed by atoms with Crippen molar-refractivity contribution in [2.75, 3.05) is 29.3 Å². The average molecular weight is 474 g/mol. The van der Waals surface area contributed by atoms with Gasteiger partial charge in [0.05, 0.1) is 36.8 Å². The Kier molecular flexibility index (Phi) is 6.80. The summed E-state index contributed by atoms with van der Waals surface area (Å²) in [5, 5.41) is 8.38. The number of benzene rings is 2. The molecule has 1 saturated heterocycles. The number of sulfone groups is 1. The van der Waals surface area contributed by atoms with Crippen LogP contribution < -0.4 is 9.64 Å². The molecule has 1 aromatic heterocycles. The number of ether oxygens (including phenoxy) is 1. The van der Waals surface area contributed by atoms with Gasteiger partial charge in [-0.25, -0.2) is 8.42 Å². The van der Waals surface area contributed by atoms with E-state index in [9.17, 15) is 13.2 Å². The molecule has 0 unspecified atom stereocenters. The van der Waals surface area contributed by atoms with Crippen LogP contribution >= 0.6 is 11.8 Å². The van der Waals surface area contributed by atoms with Crippen LogP contribution in [-0.2, 0) is 21.1 Å². The average Bonchev–Trinajstić information content (AvgIpc) is 3.39. The molecule has 8 nitrogen and oxygen atoms in total. The fourth-order valence-corrected chi connectivity index (χ4v) is 5.94. The van der Waals surface area contributed by atoms with Gasteiger partial charge in [-0.1, -0.05) is 42.1 Å². The number of hydrogen-bond donors (Lipinski definition) is 0. The van der Waals surface area contributed by atoms with Gasteiger partial charge in [-0.15, -0.1) is 10.2 Å². The Morgan fingerprint density at radius 3 is 2.56 bits per heavy atom. The number of para-hydroxylation sites is 1. The van der Waals surface area contributed by atoms with Crippen LogP contribution in [0.4, 0.5) is 5.69 Å². The van der Waals surface area contributed by atoms with Crippen molar-refractivity contribution >= 4 is 33.2 Å². The van der Waals surface area contributed by atoms with Gasteiger partial charge in [0.15, 0.2) is 9.84 Å². The first-order chi connectivity index (χ1) is 15.4. The molecule has 0 bridgehead atoms. The number of carbonyl (C=O) groups excluding carboxylic acids is 1. The van der Waals surface area contributed by atoms with Crippen LogP contribution in [0.5, 0.6) is 5.75 Å². The molecule has 1 aliphatic heterocycles. The molecule has 1 atom stereocenters. The highest BCUT2D eigenvalue weighted by Gasteiger charge is 2.35. The Labute approximate surface area is 190 Å². The first-order valence-corrected chi connectivity index (χ1v) is 12.9. The summed E-state index contributed by atoms with van der Waals surface area (Å²) < 4.78 is 34.8. The summed E-state index contributed by atoms with van der Waals surface area (Å²) in [4.78, 5) is 14.7. The molecule has 10 heteroatoms. The van der Waals surface area contributed by atoms with Crippen LogP contribution in [0.15, 0.2) is 64.2 Å². The van der Waals surface area contributed by atoms with Crippen LogP contribution in [0.1, 0.15) is 17.9 Å². The summed E-state index contributed by atoms with van der Waals surface area (Å²) in [5.74, 6) is 1.16. The molecule has 0 radical (unpaired) electrons. The standard InChI is InChI=1S/C22H23N3O5S2/c1-29-19-9-7-16(8-10-19)13-20-23-24-22(30-20)31-14-21(26)25(17-5-3-2-4-6-17)18-11-12-32(27,28)15-18/h2-10,18H,11-15H2,1H3/t18-/m1/s1. The van der Waals surface area contributed by atoms with Crippen LogP contribution in [0.3, 0.4) is 0 Å². The van der Waals surface area contributed by atoms with E-state index in [0.29, 0.717) is 29.6 Å². The molecule has 32 heavy (non-hydrogen) atoms. The molecule has 0 N–H and O–H groups in total. The Morgan fingerprint density at radius 1 is 1.16 bits per heavy atom. The van der Waals surface area contributed by atoms with E-state index in [1.165, 1.54) is 0 Å². The lowest BCUT2D eigenvalue weighted by atomic mass is 10.1. The van der Waals surface area contributed by atoms with E-state index in [-0.39, 0.29) is 29.2 Å². The third kappa shape index (κ3) is 5.49. The van der Waals surface area contributed by atoms with E-state index in [0.717, 1.165) is 23.1 Å². The molecule has 3 aromatic rings. The molecule has 1 aliphatic rings. The van der Waals surface area contributed by atoms with Crippen LogP contribution in [0, 0.1) is 0 Å². The van der Waals surface area contributed by atoms with Gasteiger partial charge >= 0.3 is 0 Å². The largest absolute Gasteiger partial charge is 0.497 e. The van der Waals surface area contributed by atoms with Crippen molar-refractivity contribution in [1.29, 1.82) is 0 Å². The number of amides is 1. The van der Waals surface area contributed by atoms with Crippen molar-refractivity contribution in [2.45, 2.75) is 24.1 Å². The lowest BCUT2D eigenvalue weighted by Gasteiger charge is -2.28. The number of aromatic nitrogens is 2. The highest BCUT2D eigenvalue weighted by Crippen LogP contribution is 2.27. The van der Waals surface area contributed by atoms with Gasteiger partial charge < -0.3 is 14.1 Å². The molecule has 0 spiro atoms. The summed E-state index contributed by atoms with van der Waals surface area (Å²) in [7, 11) is -1.52. The monoisotopic (exact) mass is 473 g/mol. The maximum Gasteiger partial charge on any atom is 0.277 e. The van der Waals surface area contributed by atoms with E-state index >= 15 is 0 Å². The Balaban J connectivity index is 1.41. The predicted molar refractivity (Wildman–Crippen MR) is 122 cm³/mol. The van der Waals surface area contributed by atoms with Crippen molar-refractivity contribution in [3.63, 3.8) is 0 Å². The Hall–Kier alpha value is -2.85. The van der Waals surface area contributed by atoms with Crippen molar-refractivity contribution in [3.8, 4) is 5.75 Å². The molecular weight excluding hydrogens is 450 g/mol. The number of methoxy groups -OCH3 is 1. The summed E-state index contributed by atoms with van der Waals surface area (Å²) in [6.45, 7) is 0. The molecule has 2 heterocycles. The first-order valence-electron chi connectivity index (χ1n) is 10.1. The quantitative estimate of drug-likeness (QED) is 0.460. The van der Waals surface area contributed by atoms with Gasteiger partial charge in [-0.05, 0) is 36.2 Å². The Bertz CT molecular complexity index is 1160. The highest BCUT2D eigenvalue weighted by molar-refractivity contribution is 7.99. The molecule has 1 amide bonds. The first kappa shape index (κ1) is 22.3. The molecule has 0 saturated carbocycles. The van der Waals surface area contributed by atoms with Gasteiger partial charge in [-0.3, -0.25) is 4.79 Å². The molecule has 2 aromatic carbocycles. The fraction of sp³-hybridized carbons (Fsp3) is 0.318. The van der Waals surface area contributed by atoms with Crippen LogP contribution in [0.2, 0.25) is 0 Å². The summed E-state index contributed by atoms with van der Waals surface area (Å²) in [6.07, 6.45) is 0.905. The third-order valence-electron chi connectivity index (χ3n) is 5.16. The third-order valence-corrected chi connectivity index (χ3v) is 7.71. The number of rotatable bonds is 8. The maximum absolute atomic E-state index is 13.1. The second-order valence-electron chi connectivity index (χ2n) is 7.43. The van der Waals surface area contributed by atoms with Crippen molar-refractivity contribution in [3.05, 3.63) is 66.1 Å². The second kappa shape index (κ2) is 9.74. The number of thioether (sulfide) groups is 1. The Morgan fingerprint density at radius 2 is 1.91 bits per heavy atom. The number of anilines is 1. The minimum absolute atomic E-state index is 0.0229. The van der Waals surface area contributed by atoms with E-state index in [4.69, 9.17) is 9.15 Å². The van der Waals surface area contributed by atoms with Gasteiger partial charge in [-0.2, -0.15) is 0 Å². The topological polar surface area (TPSA) is 103 Å². The molecule has 168 valence electrons. The number of nitrogens with zero attached hydrogens (tertiary/aromatic N) is 3. The van der Waals surface area contributed by atoms with E-state index < -0.39 is 9.84 Å². The molecule has 4 rings (SSSR count). The predicted octanol–water partition coefficient (Wildman–Crippen LogP) is 2.98. The zero-order valence-electron chi connectivity index (χ0n) is 17.5. The summed E-state index contributed by atoms with van der Waals surface area (Å²) >= 11 is 1.15. The normalized spacial score (nSPS) is 17.2. The SMILES string of the molecule is COc1ccc(Cc2nnc(SCC(=O)N(c3ccccc3)[C@@H]3CCS(=O)(=O)C3)o2)cc1. The summed E-state index contributed by atoms with van der Waals surface area (Å²) in [6, 6.07) is 16.3. The van der Waals surface area contributed by atoms with Crippen LogP contribution in [-0.4, -0.2) is 54.9 Å². The number of hydrogen-bond acceptors (Lipinski definition) is 8. The lowest BCUT2D eigenvalue weighted by molar-refractivity contribution is -0.116. The van der Waals surface area contributed by atoms with Gasteiger partial charge in [0.2, 0.25) is 11.8 Å². The molecule has 1 fully saturated rings. The molecule has 0 aliphatic carbocycles. The van der Waals surface area contributed by atoms with E-state index in [1.807, 2.05) is 54.6 Å². The lowest BCUT2D eigenvalue weighted by Crippen LogP contribution is -2.42. The smallest absolute Gasteiger partial charge is 0.277 e. The van der Waals surface area contributed by atoms with Crippen LogP contribution in [0.25, 0.3) is 0 Å². The molecular formula is C22H23N3O5S2.